The van der Waals surface area contributed by atoms with Gasteiger partial charge >= 0.3 is 0 Å². The lowest BCUT2D eigenvalue weighted by Gasteiger charge is -2.08. The van der Waals surface area contributed by atoms with Gasteiger partial charge in [-0.1, -0.05) is 12.2 Å². The molecule has 0 unspecified atom stereocenters. The molecular formula is C8H12O2. The van der Waals surface area contributed by atoms with E-state index in [0.717, 1.165) is 12.8 Å². The number of carbonyl (C=O) groups excluding carboxylic acids is 1. The molecule has 0 saturated heterocycles. The Bertz CT molecular complexity index is 149. The maximum Gasteiger partial charge on any atom is 0.161 e. The van der Waals surface area contributed by atoms with Crippen LogP contribution in [0.4, 0.5) is 0 Å². The lowest BCUT2D eigenvalue weighted by molar-refractivity contribution is -0.127. The summed E-state index contributed by atoms with van der Waals surface area (Å²) in [5.74, 6) is -0.00986. The van der Waals surface area contributed by atoms with Gasteiger partial charge in [0.2, 0.25) is 0 Å². The highest BCUT2D eigenvalue weighted by atomic mass is 16.3. The summed E-state index contributed by atoms with van der Waals surface area (Å²) >= 11 is 0. The van der Waals surface area contributed by atoms with Crippen molar-refractivity contribution in [3.8, 4) is 0 Å². The normalized spacial score (nSPS) is 30.9. The third-order valence-corrected chi connectivity index (χ3v) is 1.70. The number of allylic oxidation sites excluding steroid dienone is 2. The van der Waals surface area contributed by atoms with Crippen LogP contribution >= 0.6 is 0 Å². The van der Waals surface area contributed by atoms with E-state index in [0.29, 0.717) is 12.8 Å². The van der Waals surface area contributed by atoms with Crippen LogP contribution in [0.3, 0.4) is 0 Å². The molecule has 0 amide bonds. The van der Waals surface area contributed by atoms with Crippen molar-refractivity contribution in [3.05, 3.63) is 12.2 Å². The van der Waals surface area contributed by atoms with Crippen molar-refractivity contribution in [2.45, 2.75) is 31.8 Å². The first-order valence-electron chi connectivity index (χ1n) is 3.66. The number of aliphatic hydroxyl groups excluding tert-OH is 1. The van der Waals surface area contributed by atoms with Crippen LogP contribution in [-0.2, 0) is 4.79 Å². The summed E-state index contributed by atoms with van der Waals surface area (Å²) in [7, 11) is 0. The third kappa shape index (κ3) is 1.95. The molecule has 56 valence electrons. The number of aliphatic hydroxyl groups is 1. The van der Waals surface area contributed by atoms with E-state index in [1.807, 2.05) is 12.2 Å². The summed E-state index contributed by atoms with van der Waals surface area (Å²) < 4.78 is 0. The van der Waals surface area contributed by atoms with Gasteiger partial charge in [-0.15, -0.1) is 0 Å². The molecule has 0 aromatic carbocycles. The minimum Gasteiger partial charge on any atom is -0.385 e. The van der Waals surface area contributed by atoms with Crippen LogP contribution in [0, 0.1) is 0 Å². The van der Waals surface area contributed by atoms with Gasteiger partial charge in [-0.25, -0.2) is 0 Å². The van der Waals surface area contributed by atoms with E-state index in [1.165, 1.54) is 0 Å². The Kier molecular flexibility index (Phi) is 2.63. The number of ketones is 1. The number of hydrogen-bond acceptors (Lipinski definition) is 2. The van der Waals surface area contributed by atoms with Crippen LogP contribution in [0.5, 0.6) is 0 Å². The Morgan fingerprint density at radius 3 is 2.90 bits per heavy atom. The van der Waals surface area contributed by atoms with Crippen molar-refractivity contribution >= 4 is 5.78 Å². The predicted molar refractivity (Wildman–Crippen MR) is 38.6 cm³/mol. The molecule has 1 aliphatic carbocycles. The van der Waals surface area contributed by atoms with Crippen molar-refractivity contribution in [2.75, 3.05) is 0 Å². The molecule has 0 aliphatic heterocycles. The first-order chi connectivity index (χ1) is 4.80. The Hall–Kier alpha value is -0.630. The van der Waals surface area contributed by atoms with Crippen LogP contribution < -0.4 is 0 Å². The maximum atomic E-state index is 10.9. The topological polar surface area (TPSA) is 37.3 Å². The van der Waals surface area contributed by atoms with Gasteiger partial charge in [-0.05, 0) is 19.3 Å². The summed E-state index contributed by atoms with van der Waals surface area (Å²) in [6.45, 7) is 0. The summed E-state index contributed by atoms with van der Waals surface area (Å²) in [4.78, 5) is 10.9. The zero-order chi connectivity index (χ0) is 7.40. The minimum atomic E-state index is -0.704. The van der Waals surface area contributed by atoms with Gasteiger partial charge < -0.3 is 5.11 Å². The van der Waals surface area contributed by atoms with Crippen LogP contribution in [0.25, 0.3) is 0 Å². The first-order valence-corrected chi connectivity index (χ1v) is 3.66. The molecule has 0 heterocycles. The quantitative estimate of drug-likeness (QED) is 0.510. The number of rotatable bonds is 0. The molecule has 1 rings (SSSR count). The Labute approximate surface area is 60.6 Å². The zero-order valence-electron chi connectivity index (χ0n) is 5.92. The number of Topliss-reactive ketones (excluding diaryl/α,β-unsaturated/α-hetero) is 1. The molecule has 1 atom stereocenters. The van der Waals surface area contributed by atoms with Crippen molar-refractivity contribution in [2.24, 2.45) is 0 Å². The predicted octanol–water partition coefficient (Wildman–Crippen LogP) is 1.05. The van der Waals surface area contributed by atoms with Gasteiger partial charge in [0, 0.05) is 6.42 Å². The fourth-order valence-electron chi connectivity index (χ4n) is 1.04. The highest BCUT2D eigenvalue weighted by Crippen LogP contribution is 2.08. The molecule has 0 bridgehead atoms. The lowest BCUT2D eigenvalue weighted by atomic mass is 10.0. The van der Waals surface area contributed by atoms with Crippen molar-refractivity contribution in [3.63, 3.8) is 0 Å². The van der Waals surface area contributed by atoms with Gasteiger partial charge in [0.15, 0.2) is 5.78 Å². The maximum absolute atomic E-state index is 10.9. The van der Waals surface area contributed by atoms with E-state index in [-0.39, 0.29) is 5.78 Å². The van der Waals surface area contributed by atoms with E-state index in [1.54, 1.807) is 0 Å². The molecule has 2 nitrogen and oxygen atoms in total. The van der Waals surface area contributed by atoms with Gasteiger partial charge in [0.25, 0.3) is 0 Å². The van der Waals surface area contributed by atoms with E-state index in [4.69, 9.17) is 5.11 Å². The Morgan fingerprint density at radius 1 is 1.40 bits per heavy atom. The van der Waals surface area contributed by atoms with Gasteiger partial charge in [-0.2, -0.15) is 0 Å². The highest BCUT2D eigenvalue weighted by Gasteiger charge is 2.13. The zero-order valence-corrected chi connectivity index (χ0v) is 5.92. The molecule has 0 spiro atoms. The van der Waals surface area contributed by atoms with Crippen molar-refractivity contribution in [1.82, 2.24) is 0 Å². The minimum absolute atomic E-state index is 0.00986. The molecule has 0 saturated carbocycles. The molecule has 1 N–H and O–H groups in total. The largest absolute Gasteiger partial charge is 0.385 e. The molecular weight excluding hydrogens is 128 g/mol. The molecule has 0 aromatic heterocycles. The average molecular weight is 140 g/mol. The standard InChI is InChI=1S/C8H12O2/c9-7-5-3-1-2-4-6-8(7)10/h1-2,7,9H,3-6H2/b2-1+/t7-/m0/s1. The second-order valence-electron chi connectivity index (χ2n) is 2.57. The second kappa shape index (κ2) is 3.52. The van der Waals surface area contributed by atoms with E-state index in [9.17, 15) is 4.79 Å². The Balaban J connectivity index is 2.48. The molecule has 0 aromatic rings. The van der Waals surface area contributed by atoms with Crippen molar-refractivity contribution in [1.29, 1.82) is 0 Å². The van der Waals surface area contributed by atoms with E-state index >= 15 is 0 Å². The van der Waals surface area contributed by atoms with Crippen LogP contribution in [0.2, 0.25) is 0 Å². The lowest BCUT2D eigenvalue weighted by Crippen LogP contribution is -2.20. The van der Waals surface area contributed by atoms with Gasteiger partial charge in [-0.3, -0.25) is 4.79 Å². The van der Waals surface area contributed by atoms with Crippen molar-refractivity contribution < 1.29 is 9.90 Å². The fourth-order valence-corrected chi connectivity index (χ4v) is 1.04. The van der Waals surface area contributed by atoms with Gasteiger partial charge in [0.1, 0.15) is 6.10 Å². The number of carbonyl (C=O) groups is 1. The van der Waals surface area contributed by atoms with E-state index < -0.39 is 6.10 Å². The molecule has 0 radical (unpaired) electrons. The van der Waals surface area contributed by atoms with Gasteiger partial charge in [0.05, 0.1) is 0 Å². The SMILES string of the molecule is O=C1CC/C=C/CC[C@@H]1O. The highest BCUT2D eigenvalue weighted by molar-refractivity contribution is 5.82. The van der Waals surface area contributed by atoms with E-state index in [2.05, 4.69) is 0 Å². The van der Waals surface area contributed by atoms with Crippen LogP contribution in [0.1, 0.15) is 25.7 Å². The van der Waals surface area contributed by atoms with Crippen LogP contribution in [-0.4, -0.2) is 17.0 Å². The molecule has 1 aliphatic rings. The molecule has 2 heteroatoms. The van der Waals surface area contributed by atoms with Crippen LogP contribution in [0.15, 0.2) is 12.2 Å². The Morgan fingerprint density at radius 2 is 2.10 bits per heavy atom. The summed E-state index contributed by atoms with van der Waals surface area (Å²) in [6, 6.07) is 0. The third-order valence-electron chi connectivity index (χ3n) is 1.70. The molecule has 0 fully saturated rings. The second-order valence-corrected chi connectivity index (χ2v) is 2.57. The molecule has 10 heavy (non-hydrogen) atoms. The fraction of sp³-hybridized carbons (Fsp3) is 0.625. The summed E-state index contributed by atoms with van der Waals surface area (Å²) in [6.07, 6.45) is 6.03. The summed E-state index contributed by atoms with van der Waals surface area (Å²) in [5.41, 5.74) is 0. The first kappa shape index (κ1) is 7.48. The average Bonchev–Trinajstić information content (AvgIpc) is 1.92. The number of hydrogen-bond donors (Lipinski definition) is 1. The summed E-state index contributed by atoms with van der Waals surface area (Å²) in [5, 5.41) is 9.10. The smallest absolute Gasteiger partial charge is 0.161 e. The monoisotopic (exact) mass is 140 g/mol.